The molecule has 1 fully saturated rings. The van der Waals surface area contributed by atoms with E-state index in [4.69, 9.17) is 21.4 Å². The Hall–Kier alpha value is -2.40. The van der Waals surface area contributed by atoms with Crippen molar-refractivity contribution in [2.45, 2.75) is 11.4 Å². The Labute approximate surface area is 159 Å². The first-order valence-electron chi connectivity index (χ1n) is 7.34. The number of thioether (sulfide) groups is 1. The van der Waals surface area contributed by atoms with Gasteiger partial charge in [-0.15, -0.1) is 11.8 Å². The highest BCUT2D eigenvalue weighted by atomic mass is 35.5. The van der Waals surface area contributed by atoms with Gasteiger partial charge in [-0.2, -0.15) is 0 Å². The summed E-state index contributed by atoms with van der Waals surface area (Å²) in [4.78, 5) is 36.3. The minimum Gasteiger partial charge on any atom is -0.478 e. The zero-order chi connectivity index (χ0) is 19.9. The number of β-lactam (4-membered cyclic amide) rings is 1. The molecule has 0 bridgehead atoms. The van der Waals surface area contributed by atoms with E-state index in [0.29, 0.717) is 12.1 Å². The summed E-state index contributed by atoms with van der Waals surface area (Å²) < 4.78 is 44.5. The first kappa shape index (κ1) is 19.4. The largest absolute Gasteiger partial charge is 0.478 e. The topological polar surface area (TPSA) is 95.9 Å². The van der Waals surface area contributed by atoms with Crippen molar-refractivity contribution in [2.75, 3.05) is 12.4 Å². The molecule has 0 radical (unpaired) electrons. The molecule has 2 heterocycles. The summed E-state index contributed by atoms with van der Waals surface area (Å²) in [7, 11) is 0. The van der Waals surface area contributed by atoms with Crippen molar-refractivity contribution < 1.29 is 37.4 Å². The van der Waals surface area contributed by atoms with Crippen LogP contribution in [0.4, 0.5) is 13.2 Å². The number of carboxylic acid groups (broad SMARTS) is 1. The van der Waals surface area contributed by atoms with Gasteiger partial charge in [0.25, 0.3) is 11.8 Å². The lowest BCUT2D eigenvalue weighted by Crippen LogP contribution is -2.70. The molecule has 1 aromatic rings. The molecule has 12 heteroatoms. The van der Waals surface area contributed by atoms with E-state index in [1.807, 2.05) is 0 Å². The van der Waals surface area contributed by atoms with Crippen molar-refractivity contribution in [3.63, 3.8) is 0 Å². The van der Waals surface area contributed by atoms with Crippen molar-refractivity contribution in [3.8, 4) is 5.75 Å². The number of ether oxygens (including phenoxy) is 1. The zero-order valence-corrected chi connectivity index (χ0v) is 14.7. The first-order valence-corrected chi connectivity index (χ1v) is 8.76. The number of amides is 2. The number of hydrogen-bond acceptors (Lipinski definition) is 5. The molecule has 0 saturated carbocycles. The van der Waals surface area contributed by atoms with E-state index in [1.165, 1.54) is 0 Å². The molecule has 27 heavy (non-hydrogen) atoms. The van der Waals surface area contributed by atoms with Crippen molar-refractivity contribution >= 4 is 41.1 Å². The molecule has 0 aromatic heterocycles. The van der Waals surface area contributed by atoms with Gasteiger partial charge in [-0.1, -0.05) is 11.6 Å². The maximum absolute atomic E-state index is 13.5. The van der Waals surface area contributed by atoms with Crippen LogP contribution in [0.1, 0.15) is 0 Å². The summed E-state index contributed by atoms with van der Waals surface area (Å²) in [6.45, 7) is -0.830. The van der Waals surface area contributed by atoms with Crippen LogP contribution < -0.4 is 10.1 Å². The number of halogens is 4. The van der Waals surface area contributed by atoms with Crippen LogP contribution in [0, 0.1) is 17.5 Å². The smallest absolute Gasteiger partial charge is 0.353 e. The van der Waals surface area contributed by atoms with Gasteiger partial charge in [0.05, 0.1) is 5.03 Å². The molecule has 2 aliphatic rings. The highest BCUT2D eigenvalue weighted by Crippen LogP contribution is 2.41. The number of carbonyl (C=O) groups is 3. The standard InChI is InChI=1S/C15H10ClF3N2O5S/c16-6-4-27-14-10(13(23)21(14)11(6)15(24)25)20-9(22)3-26-12-7(18)1-5(17)2-8(12)19/h1-2,10,14H,3-4H2,(H,20,22)(H,24,25)/t10-,14-/m1/s1. The van der Waals surface area contributed by atoms with Crippen LogP contribution in [0.15, 0.2) is 22.9 Å². The van der Waals surface area contributed by atoms with Crippen LogP contribution in [0.25, 0.3) is 0 Å². The van der Waals surface area contributed by atoms with Crippen LogP contribution in [-0.2, 0) is 14.4 Å². The molecule has 2 atom stereocenters. The monoisotopic (exact) mass is 422 g/mol. The van der Waals surface area contributed by atoms with Gasteiger partial charge in [0.15, 0.2) is 24.0 Å². The minimum atomic E-state index is -1.37. The summed E-state index contributed by atoms with van der Waals surface area (Å²) in [6, 6.07) is -0.245. The number of carbonyl (C=O) groups excluding carboxylic acids is 2. The van der Waals surface area contributed by atoms with Gasteiger partial charge in [0.1, 0.15) is 22.9 Å². The molecule has 2 aliphatic heterocycles. The number of hydrogen-bond donors (Lipinski definition) is 2. The number of nitrogens with one attached hydrogen (secondary N) is 1. The molecule has 7 nitrogen and oxygen atoms in total. The number of benzene rings is 1. The molecule has 1 saturated heterocycles. The van der Waals surface area contributed by atoms with Gasteiger partial charge in [-0.05, 0) is 0 Å². The SMILES string of the molecule is O=C(COc1c(F)cc(F)cc1F)N[C@@H]1C(=O)N2C(C(=O)O)=C(Cl)CS[C@H]12. The fraction of sp³-hybridized carbons (Fsp3) is 0.267. The molecular formula is C15H10ClF3N2O5S. The average molecular weight is 423 g/mol. The van der Waals surface area contributed by atoms with Crippen molar-refractivity contribution in [2.24, 2.45) is 0 Å². The van der Waals surface area contributed by atoms with E-state index in [2.05, 4.69) is 5.32 Å². The van der Waals surface area contributed by atoms with Crippen LogP contribution in [0.2, 0.25) is 0 Å². The van der Waals surface area contributed by atoms with Gasteiger partial charge in [0, 0.05) is 17.9 Å². The molecular weight excluding hydrogens is 413 g/mol. The van der Waals surface area contributed by atoms with E-state index in [0.717, 1.165) is 16.7 Å². The van der Waals surface area contributed by atoms with Gasteiger partial charge < -0.3 is 15.2 Å². The quantitative estimate of drug-likeness (QED) is 0.697. The Morgan fingerprint density at radius 3 is 2.56 bits per heavy atom. The molecule has 1 aromatic carbocycles. The molecule has 0 aliphatic carbocycles. The Balaban J connectivity index is 1.62. The van der Waals surface area contributed by atoms with Crippen LogP contribution >= 0.6 is 23.4 Å². The summed E-state index contributed by atoms with van der Waals surface area (Å²) in [5.41, 5.74) is -0.345. The fourth-order valence-corrected chi connectivity index (χ4v) is 4.15. The summed E-state index contributed by atoms with van der Waals surface area (Å²) in [5.74, 6) is -7.48. The number of rotatable bonds is 5. The van der Waals surface area contributed by atoms with Crippen molar-refractivity contribution in [1.82, 2.24) is 10.2 Å². The normalized spacial score (nSPS) is 21.5. The van der Waals surface area contributed by atoms with Crippen LogP contribution in [0.3, 0.4) is 0 Å². The number of carboxylic acids is 1. The second-order valence-electron chi connectivity index (χ2n) is 5.50. The zero-order valence-electron chi connectivity index (χ0n) is 13.2. The van der Waals surface area contributed by atoms with E-state index in [-0.39, 0.29) is 16.5 Å². The van der Waals surface area contributed by atoms with E-state index in [1.54, 1.807) is 0 Å². The Bertz CT molecular complexity index is 858. The highest BCUT2D eigenvalue weighted by molar-refractivity contribution is 8.00. The Morgan fingerprint density at radius 2 is 1.96 bits per heavy atom. The highest BCUT2D eigenvalue weighted by Gasteiger charge is 2.54. The van der Waals surface area contributed by atoms with Crippen molar-refractivity contribution in [3.05, 3.63) is 40.3 Å². The summed E-state index contributed by atoms with van der Waals surface area (Å²) >= 11 is 6.98. The van der Waals surface area contributed by atoms with E-state index >= 15 is 0 Å². The second kappa shape index (κ2) is 7.31. The molecule has 2 N–H and O–H groups in total. The molecule has 144 valence electrons. The lowest BCUT2D eigenvalue weighted by atomic mass is 10.1. The number of fused-ring (bicyclic) bond motifs is 1. The number of nitrogens with zero attached hydrogens (tertiary/aromatic N) is 1. The van der Waals surface area contributed by atoms with E-state index < -0.39 is 59.0 Å². The average Bonchev–Trinajstić information content (AvgIpc) is 2.58. The third-order valence-corrected chi connectivity index (χ3v) is 5.50. The molecule has 3 rings (SSSR count). The Morgan fingerprint density at radius 1 is 1.33 bits per heavy atom. The molecule has 0 unspecified atom stereocenters. The van der Waals surface area contributed by atoms with Gasteiger partial charge in [-0.3, -0.25) is 14.5 Å². The third kappa shape index (κ3) is 3.56. The Kier molecular flexibility index (Phi) is 5.24. The summed E-state index contributed by atoms with van der Waals surface area (Å²) in [6.07, 6.45) is 0. The maximum Gasteiger partial charge on any atom is 0.353 e. The lowest BCUT2D eigenvalue weighted by Gasteiger charge is -2.48. The van der Waals surface area contributed by atoms with Crippen LogP contribution in [-0.4, -0.2) is 51.6 Å². The minimum absolute atomic E-state index is 0.00692. The predicted octanol–water partition coefficient (Wildman–Crippen LogP) is 1.42. The van der Waals surface area contributed by atoms with Gasteiger partial charge in [-0.25, -0.2) is 18.0 Å². The van der Waals surface area contributed by atoms with E-state index in [9.17, 15) is 27.6 Å². The third-order valence-electron chi connectivity index (χ3n) is 3.75. The second-order valence-corrected chi connectivity index (χ2v) is 7.06. The van der Waals surface area contributed by atoms with Gasteiger partial charge in [0.2, 0.25) is 0 Å². The first-order chi connectivity index (χ1) is 12.7. The van der Waals surface area contributed by atoms with Crippen LogP contribution in [0.5, 0.6) is 5.75 Å². The molecule has 0 spiro atoms. The number of aliphatic carboxylic acids is 1. The van der Waals surface area contributed by atoms with Gasteiger partial charge >= 0.3 is 5.97 Å². The summed E-state index contributed by atoms with van der Waals surface area (Å²) in [5, 5.41) is 10.8. The predicted molar refractivity (Wildman–Crippen MR) is 87.3 cm³/mol. The molecule has 2 amide bonds. The fourth-order valence-electron chi connectivity index (χ4n) is 2.60. The maximum atomic E-state index is 13.5. The van der Waals surface area contributed by atoms with Crippen molar-refractivity contribution in [1.29, 1.82) is 0 Å². The lowest BCUT2D eigenvalue weighted by molar-refractivity contribution is -0.150.